The number of alkyl carbamates (subject to hydrolysis) is 1. The monoisotopic (exact) mass is 464 g/mol. The van der Waals surface area contributed by atoms with E-state index in [1.165, 1.54) is 4.90 Å². The van der Waals surface area contributed by atoms with Crippen LogP contribution >= 0.6 is 0 Å². The van der Waals surface area contributed by atoms with Crippen LogP contribution in [0.25, 0.3) is 11.1 Å². The van der Waals surface area contributed by atoms with Gasteiger partial charge in [0.25, 0.3) is 0 Å². The highest BCUT2D eigenvalue weighted by Crippen LogP contribution is 2.44. The number of ether oxygens (including phenoxy) is 1. The normalized spacial score (nSPS) is 20.2. The van der Waals surface area contributed by atoms with Gasteiger partial charge >= 0.3 is 12.1 Å². The molecule has 2 aliphatic rings. The third-order valence-corrected chi connectivity index (χ3v) is 6.94. The SMILES string of the molecule is CCCC(NC(=O)OCC1c2ccccc2-c2ccccc21)C(=O)N1CCC(C)CC1C(=O)O. The number of rotatable bonds is 7. The second-order valence-corrected chi connectivity index (χ2v) is 9.33. The summed E-state index contributed by atoms with van der Waals surface area (Å²) in [6.45, 7) is 4.46. The topological polar surface area (TPSA) is 95.9 Å². The molecule has 4 rings (SSSR count). The Morgan fingerprint density at radius 3 is 2.29 bits per heavy atom. The van der Waals surface area contributed by atoms with E-state index in [-0.39, 0.29) is 24.3 Å². The van der Waals surface area contributed by atoms with Gasteiger partial charge in [-0.2, -0.15) is 0 Å². The molecule has 1 fully saturated rings. The van der Waals surface area contributed by atoms with E-state index in [0.717, 1.165) is 28.7 Å². The van der Waals surface area contributed by atoms with Crippen molar-refractivity contribution in [1.29, 1.82) is 0 Å². The van der Waals surface area contributed by atoms with Crippen molar-refractivity contribution in [2.45, 2.75) is 57.5 Å². The lowest BCUT2D eigenvalue weighted by atomic mass is 9.91. The number of piperidine rings is 1. The van der Waals surface area contributed by atoms with Crippen LogP contribution in [0.1, 0.15) is 56.6 Å². The molecule has 1 aliphatic heterocycles. The van der Waals surface area contributed by atoms with Crippen LogP contribution in [0.4, 0.5) is 4.79 Å². The van der Waals surface area contributed by atoms with Crippen LogP contribution in [0, 0.1) is 5.92 Å². The molecule has 7 heteroatoms. The molecule has 2 aromatic rings. The number of benzene rings is 2. The number of carboxylic acid groups (broad SMARTS) is 1. The second-order valence-electron chi connectivity index (χ2n) is 9.33. The Hall–Kier alpha value is -3.35. The third kappa shape index (κ3) is 4.79. The predicted octanol–water partition coefficient (Wildman–Crippen LogP) is 4.41. The van der Waals surface area contributed by atoms with Crippen molar-refractivity contribution in [2.75, 3.05) is 13.2 Å². The first kappa shape index (κ1) is 23.8. The highest BCUT2D eigenvalue weighted by Gasteiger charge is 2.38. The van der Waals surface area contributed by atoms with Crippen molar-refractivity contribution < 1.29 is 24.2 Å². The van der Waals surface area contributed by atoms with Gasteiger partial charge in [-0.15, -0.1) is 0 Å². The van der Waals surface area contributed by atoms with Gasteiger partial charge in [-0.1, -0.05) is 68.8 Å². The summed E-state index contributed by atoms with van der Waals surface area (Å²) in [5.41, 5.74) is 4.52. The summed E-state index contributed by atoms with van der Waals surface area (Å²) in [6, 6.07) is 14.5. The molecular weight excluding hydrogens is 432 g/mol. The van der Waals surface area contributed by atoms with E-state index in [1.807, 2.05) is 50.2 Å². The minimum atomic E-state index is -1.00. The average Bonchev–Trinajstić information content (AvgIpc) is 3.15. The minimum absolute atomic E-state index is 0.0709. The summed E-state index contributed by atoms with van der Waals surface area (Å²) in [7, 11) is 0. The zero-order chi connectivity index (χ0) is 24.2. The Morgan fingerprint density at radius 2 is 1.71 bits per heavy atom. The molecule has 0 aromatic heterocycles. The van der Waals surface area contributed by atoms with Crippen molar-refractivity contribution in [2.24, 2.45) is 5.92 Å². The standard InChI is InChI=1S/C27H32N2O5/c1-3-8-23(25(30)29-14-13-17(2)15-24(29)26(31)32)28-27(33)34-16-22-20-11-6-4-9-18(20)19-10-5-7-12-21(19)22/h4-7,9-12,17,22-24H,3,8,13-16H2,1-2H3,(H,28,33)(H,31,32). The predicted molar refractivity (Wildman–Crippen MR) is 128 cm³/mol. The number of carboxylic acids is 1. The lowest BCUT2D eigenvalue weighted by molar-refractivity contribution is -0.154. The number of nitrogens with zero attached hydrogens (tertiary/aromatic N) is 1. The molecular formula is C27H32N2O5. The number of aliphatic carboxylic acids is 1. The van der Waals surface area contributed by atoms with E-state index in [2.05, 4.69) is 17.4 Å². The molecule has 1 heterocycles. The number of carbonyl (C=O) groups is 3. The summed E-state index contributed by atoms with van der Waals surface area (Å²) in [4.78, 5) is 39.1. The van der Waals surface area contributed by atoms with Crippen LogP contribution in [0.2, 0.25) is 0 Å². The number of likely N-dealkylation sites (tertiary alicyclic amines) is 1. The zero-order valence-corrected chi connectivity index (χ0v) is 19.7. The highest BCUT2D eigenvalue weighted by atomic mass is 16.5. The van der Waals surface area contributed by atoms with E-state index >= 15 is 0 Å². The van der Waals surface area contributed by atoms with E-state index < -0.39 is 24.1 Å². The van der Waals surface area contributed by atoms with Gasteiger partial charge in [-0.05, 0) is 47.4 Å². The average molecular weight is 465 g/mol. The molecule has 1 aliphatic carbocycles. The smallest absolute Gasteiger partial charge is 0.407 e. The van der Waals surface area contributed by atoms with Crippen LogP contribution in [-0.4, -0.2) is 53.2 Å². The third-order valence-electron chi connectivity index (χ3n) is 6.94. The van der Waals surface area contributed by atoms with Crippen molar-refractivity contribution in [1.82, 2.24) is 10.2 Å². The quantitative estimate of drug-likeness (QED) is 0.633. The van der Waals surface area contributed by atoms with Gasteiger partial charge in [0.15, 0.2) is 0 Å². The Morgan fingerprint density at radius 1 is 1.09 bits per heavy atom. The van der Waals surface area contributed by atoms with Gasteiger partial charge in [0.05, 0.1) is 0 Å². The van der Waals surface area contributed by atoms with Crippen LogP contribution < -0.4 is 5.32 Å². The molecule has 180 valence electrons. The fourth-order valence-electron chi connectivity index (χ4n) is 5.17. The minimum Gasteiger partial charge on any atom is -0.480 e. The number of hydrogen-bond donors (Lipinski definition) is 2. The van der Waals surface area contributed by atoms with Crippen molar-refractivity contribution in [3.05, 3.63) is 59.7 Å². The molecule has 3 unspecified atom stereocenters. The molecule has 0 bridgehead atoms. The number of carbonyl (C=O) groups excluding carboxylic acids is 2. The Kier molecular flexibility index (Phi) is 7.20. The van der Waals surface area contributed by atoms with Gasteiger partial charge in [0.2, 0.25) is 5.91 Å². The molecule has 0 radical (unpaired) electrons. The number of amides is 2. The Bertz CT molecular complexity index is 1020. The maximum absolute atomic E-state index is 13.2. The van der Waals surface area contributed by atoms with Crippen molar-refractivity contribution in [3.8, 4) is 11.1 Å². The molecule has 2 aromatic carbocycles. The van der Waals surface area contributed by atoms with E-state index in [4.69, 9.17) is 4.74 Å². The number of fused-ring (bicyclic) bond motifs is 3. The second kappa shape index (κ2) is 10.3. The molecule has 2 amide bonds. The summed E-state index contributed by atoms with van der Waals surface area (Å²) < 4.78 is 5.61. The van der Waals surface area contributed by atoms with Crippen LogP contribution in [-0.2, 0) is 14.3 Å². The number of nitrogens with one attached hydrogen (secondary N) is 1. The Labute approximate surface area is 200 Å². The fourth-order valence-corrected chi connectivity index (χ4v) is 5.17. The van der Waals surface area contributed by atoms with Gasteiger partial charge in [-0.25, -0.2) is 9.59 Å². The molecule has 0 saturated carbocycles. The fraction of sp³-hybridized carbons (Fsp3) is 0.444. The number of hydrogen-bond acceptors (Lipinski definition) is 4. The lowest BCUT2D eigenvalue weighted by Gasteiger charge is -2.38. The van der Waals surface area contributed by atoms with Gasteiger partial charge in [0.1, 0.15) is 18.7 Å². The largest absolute Gasteiger partial charge is 0.480 e. The van der Waals surface area contributed by atoms with E-state index in [9.17, 15) is 19.5 Å². The maximum atomic E-state index is 13.2. The maximum Gasteiger partial charge on any atom is 0.407 e. The van der Waals surface area contributed by atoms with E-state index in [1.54, 1.807) is 0 Å². The van der Waals surface area contributed by atoms with Gasteiger partial charge < -0.3 is 20.1 Å². The summed E-state index contributed by atoms with van der Waals surface area (Å²) in [5.74, 6) is -1.19. The molecule has 34 heavy (non-hydrogen) atoms. The molecule has 7 nitrogen and oxygen atoms in total. The van der Waals surface area contributed by atoms with Crippen LogP contribution in [0.3, 0.4) is 0 Å². The first-order valence-corrected chi connectivity index (χ1v) is 12.1. The summed E-state index contributed by atoms with van der Waals surface area (Å²) in [5, 5.41) is 12.3. The summed E-state index contributed by atoms with van der Waals surface area (Å²) in [6.07, 6.45) is 1.60. The molecule has 2 N–H and O–H groups in total. The van der Waals surface area contributed by atoms with Crippen LogP contribution in [0.5, 0.6) is 0 Å². The molecule has 3 atom stereocenters. The van der Waals surface area contributed by atoms with Crippen molar-refractivity contribution >= 4 is 18.0 Å². The lowest BCUT2D eigenvalue weighted by Crippen LogP contribution is -2.56. The van der Waals surface area contributed by atoms with Gasteiger partial charge in [0, 0.05) is 12.5 Å². The zero-order valence-electron chi connectivity index (χ0n) is 19.7. The highest BCUT2D eigenvalue weighted by molar-refractivity contribution is 5.89. The van der Waals surface area contributed by atoms with E-state index in [0.29, 0.717) is 25.8 Å². The van der Waals surface area contributed by atoms with Crippen LogP contribution in [0.15, 0.2) is 48.5 Å². The summed E-state index contributed by atoms with van der Waals surface area (Å²) >= 11 is 0. The van der Waals surface area contributed by atoms with Gasteiger partial charge in [-0.3, -0.25) is 4.79 Å². The Balaban J connectivity index is 1.43. The first-order chi connectivity index (χ1) is 16.4. The molecule has 1 saturated heterocycles. The first-order valence-electron chi connectivity index (χ1n) is 12.1. The van der Waals surface area contributed by atoms with Crippen molar-refractivity contribution in [3.63, 3.8) is 0 Å². The molecule has 0 spiro atoms.